The van der Waals surface area contributed by atoms with E-state index in [9.17, 15) is 9.59 Å². The zero-order chi connectivity index (χ0) is 18.5. The number of hydrogen-bond acceptors (Lipinski definition) is 6. The molecule has 2 aromatic rings. The average Bonchev–Trinajstić information content (AvgIpc) is 2.97. The number of amides is 2. The number of ether oxygens (including phenoxy) is 2. The number of thioether (sulfide) groups is 1. The van der Waals surface area contributed by atoms with Crippen LogP contribution in [0.3, 0.4) is 0 Å². The summed E-state index contributed by atoms with van der Waals surface area (Å²) >= 11 is 0.878. The van der Waals surface area contributed by atoms with Crippen molar-refractivity contribution in [2.45, 2.75) is 0 Å². The van der Waals surface area contributed by atoms with Crippen molar-refractivity contribution in [1.29, 1.82) is 5.41 Å². The Morgan fingerprint density at radius 3 is 2.54 bits per heavy atom. The van der Waals surface area contributed by atoms with Crippen LogP contribution < -0.4 is 14.8 Å². The molecule has 0 aromatic heterocycles. The number of carbonyl (C=O) groups is 2. The predicted octanol–water partition coefficient (Wildman–Crippen LogP) is 3.47. The molecule has 1 aliphatic rings. The summed E-state index contributed by atoms with van der Waals surface area (Å²) in [4.78, 5) is 23.1. The molecule has 2 amide bonds. The lowest BCUT2D eigenvalue weighted by Gasteiger charge is -2.11. The third kappa shape index (κ3) is 4.12. The SMILES string of the molecule is COc1ccccc1C(=N)COc1ccc(/C=C2\SC(=O)NC2=O)cc1. The van der Waals surface area contributed by atoms with E-state index in [1.165, 1.54) is 0 Å². The molecule has 1 heterocycles. The molecular formula is C19H16N2O4S. The smallest absolute Gasteiger partial charge is 0.290 e. The molecule has 0 atom stereocenters. The third-order valence-corrected chi connectivity index (χ3v) is 4.45. The Labute approximate surface area is 154 Å². The van der Waals surface area contributed by atoms with Crippen molar-refractivity contribution in [2.75, 3.05) is 13.7 Å². The molecule has 26 heavy (non-hydrogen) atoms. The first-order valence-corrected chi connectivity index (χ1v) is 8.57. The van der Waals surface area contributed by atoms with Gasteiger partial charge in [-0.1, -0.05) is 24.3 Å². The molecule has 7 heteroatoms. The molecule has 1 saturated heterocycles. The fourth-order valence-corrected chi connectivity index (χ4v) is 3.04. The quantitative estimate of drug-likeness (QED) is 0.602. The zero-order valence-electron chi connectivity index (χ0n) is 13.9. The number of carbonyl (C=O) groups excluding carboxylic acids is 2. The van der Waals surface area contributed by atoms with Gasteiger partial charge in [0.25, 0.3) is 11.1 Å². The number of methoxy groups -OCH3 is 1. The van der Waals surface area contributed by atoms with Crippen molar-refractivity contribution in [3.8, 4) is 11.5 Å². The Bertz CT molecular complexity index is 891. The first kappa shape index (κ1) is 17.8. The lowest BCUT2D eigenvalue weighted by molar-refractivity contribution is -0.115. The van der Waals surface area contributed by atoms with Crippen LogP contribution in [0.15, 0.2) is 53.4 Å². The highest BCUT2D eigenvalue weighted by atomic mass is 32.2. The van der Waals surface area contributed by atoms with E-state index < -0.39 is 0 Å². The molecule has 132 valence electrons. The van der Waals surface area contributed by atoms with Gasteiger partial charge in [-0.25, -0.2) is 0 Å². The lowest BCUT2D eigenvalue weighted by atomic mass is 10.1. The third-order valence-electron chi connectivity index (χ3n) is 3.64. The summed E-state index contributed by atoms with van der Waals surface area (Å²) < 4.78 is 10.9. The monoisotopic (exact) mass is 368 g/mol. The van der Waals surface area contributed by atoms with Crippen LogP contribution in [0.1, 0.15) is 11.1 Å². The van der Waals surface area contributed by atoms with Crippen LogP contribution in [0.5, 0.6) is 11.5 Å². The minimum atomic E-state index is -0.384. The number of hydrogen-bond donors (Lipinski definition) is 2. The normalized spacial score (nSPS) is 15.0. The minimum absolute atomic E-state index is 0.105. The molecule has 2 aromatic carbocycles. The summed E-state index contributed by atoms with van der Waals surface area (Å²) in [6, 6.07) is 14.4. The van der Waals surface area contributed by atoms with E-state index in [1.807, 2.05) is 18.2 Å². The second-order valence-corrected chi connectivity index (χ2v) is 6.40. The first-order valence-electron chi connectivity index (χ1n) is 7.75. The summed E-state index contributed by atoms with van der Waals surface area (Å²) in [5.41, 5.74) is 1.78. The summed E-state index contributed by atoms with van der Waals surface area (Å²) in [6.45, 7) is 0.105. The number of imide groups is 1. The lowest BCUT2D eigenvalue weighted by Crippen LogP contribution is -2.17. The Morgan fingerprint density at radius 1 is 1.15 bits per heavy atom. The summed E-state index contributed by atoms with van der Waals surface area (Å²) in [5.74, 6) is 0.849. The maximum Gasteiger partial charge on any atom is 0.290 e. The van der Waals surface area contributed by atoms with E-state index in [4.69, 9.17) is 14.9 Å². The molecule has 0 bridgehead atoms. The van der Waals surface area contributed by atoms with E-state index in [1.54, 1.807) is 43.5 Å². The predicted molar refractivity (Wildman–Crippen MR) is 101 cm³/mol. The molecule has 6 nitrogen and oxygen atoms in total. The van der Waals surface area contributed by atoms with Crippen LogP contribution in [0.25, 0.3) is 6.08 Å². The Kier molecular flexibility index (Phi) is 5.38. The summed E-state index contributed by atoms with van der Waals surface area (Å²) in [7, 11) is 1.57. The molecule has 2 N–H and O–H groups in total. The average molecular weight is 368 g/mol. The second kappa shape index (κ2) is 7.88. The van der Waals surface area contributed by atoms with Crippen LogP contribution in [-0.2, 0) is 4.79 Å². The fraction of sp³-hybridized carbons (Fsp3) is 0.105. The molecule has 0 saturated carbocycles. The number of para-hydroxylation sites is 1. The topological polar surface area (TPSA) is 88.5 Å². The Hall–Kier alpha value is -3.06. The van der Waals surface area contributed by atoms with Crippen LogP contribution in [-0.4, -0.2) is 30.6 Å². The van der Waals surface area contributed by atoms with Crippen molar-refractivity contribution in [1.82, 2.24) is 5.32 Å². The largest absolute Gasteiger partial charge is 0.496 e. The van der Waals surface area contributed by atoms with E-state index in [0.29, 0.717) is 27.7 Å². The highest BCUT2D eigenvalue weighted by molar-refractivity contribution is 8.18. The molecule has 0 spiro atoms. The van der Waals surface area contributed by atoms with Crippen molar-refractivity contribution < 1.29 is 19.1 Å². The van der Waals surface area contributed by atoms with Gasteiger partial charge in [-0.2, -0.15) is 0 Å². The van der Waals surface area contributed by atoms with Gasteiger partial charge in [-0.05, 0) is 47.7 Å². The van der Waals surface area contributed by atoms with E-state index in [-0.39, 0.29) is 17.8 Å². The van der Waals surface area contributed by atoms with Gasteiger partial charge in [0.05, 0.1) is 17.7 Å². The van der Waals surface area contributed by atoms with E-state index in [2.05, 4.69) is 5.32 Å². The number of benzene rings is 2. The van der Waals surface area contributed by atoms with Crippen LogP contribution in [0.2, 0.25) is 0 Å². The molecule has 1 fully saturated rings. The standard InChI is InChI=1S/C19H16N2O4S/c1-24-16-5-3-2-4-14(16)15(20)11-25-13-8-6-12(7-9-13)10-17-18(22)21-19(23)26-17/h2-10,20H,11H2,1H3,(H,21,22,23)/b17-10-,20-15?. The minimum Gasteiger partial charge on any atom is -0.496 e. The van der Waals surface area contributed by atoms with Crippen LogP contribution in [0, 0.1) is 5.41 Å². The molecule has 0 unspecified atom stereocenters. The van der Waals surface area contributed by atoms with Crippen molar-refractivity contribution in [3.05, 3.63) is 64.6 Å². The zero-order valence-corrected chi connectivity index (χ0v) is 14.8. The van der Waals surface area contributed by atoms with Crippen LogP contribution >= 0.6 is 11.8 Å². The number of nitrogens with one attached hydrogen (secondary N) is 2. The summed E-state index contributed by atoms with van der Waals surface area (Å²) in [5, 5.41) is 10.0. The molecule has 1 aliphatic heterocycles. The highest BCUT2D eigenvalue weighted by Crippen LogP contribution is 2.26. The van der Waals surface area contributed by atoms with Crippen LogP contribution in [0.4, 0.5) is 4.79 Å². The van der Waals surface area contributed by atoms with Crippen molar-refractivity contribution in [2.24, 2.45) is 0 Å². The molecular weight excluding hydrogens is 352 g/mol. The molecule has 3 rings (SSSR count). The fourth-order valence-electron chi connectivity index (χ4n) is 2.36. The van der Waals surface area contributed by atoms with E-state index in [0.717, 1.165) is 17.3 Å². The molecule has 0 radical (unpaired) electrons. The highest BCUT2D eigenvalue weighted by Gasteiger charge is 2.24. The van der Waals surface area contributed by atoms with Gasteiger partial charge in [-0.15, -0.1) is 0 Å². The first-order chi connectivity index (χ1) is 12.6. The van der Waals surface area contributed by atoms with Gasteiger partial charge in [0.2, 0.25) is 0 Å². The van der Waals surface area contributed by atoms with Gasteiger partial charge in [0.15, 0.2) is 0 Å². The summed E-state index contributed by atoms with van der Waals surface area (Å²) in [6.07, 6.45) is 1.64. The van der Waals surface area contributed by atoms with Crippen molar-refractivity contribution >= 4 is 34.7 Å². The number of rotatable bonds is 6. The molecule has 0 aliphatic carbocycles. The van der Waals surface area contributed by atoms with Gasteiger partial charge in [0, 0.05) is 5.56 Å². The maximum atomic E-state index is 11.5. The van der Waals surface area contributed by atoms with Gasteiger partial charge < -0.3 is 14.9 Å². The van der Waals surface area contributed by atoms with Gasteiger partial charge in [-0.3, -0.25) is 14.9 Å². The van der Waals surface area contributed by atoms with Gasteiger partial charge in [0.1, 0.15) is 18.1 Å². The maximum absolute atomic E-state index is 11.5. The Balaban J connectivity index is 1.63. The second-order valence-electron chi connectivity index (χ2n) is 5.39. The Morgan fingerprint density at radius 2 is 1.88 bits per heavy atom. The van der Waals surface area contributed by atoms with E-state index >= 15 is 0 Å². The van der Waals surface area contributed by atoms with Crippen molar-refractivity contribution in [3.63, 3.8) is 0 Å². The van der Waals surface area contributed by atoms with Gasteiger partial charge >= 0.3 is 0 Å².